The van der Waals surface area contributed by atoms with E-state index >= 15 is 0 Å². The van der Waals surface area contributed by atoms with Crippen LogP contribution in [0.25, 0.3) is 28.0 Å². The number of benzene rings is 1. The Kier molecular flexibility index (Phi) is 3.40. The maximum absolute atomic E-state index is 9.20. The van der Waals surface area contributed by atoms with Gasteiger partial charge in [0.05, 0.1) is 17.2 Å². The highest BCUT2D eigenvalue weighted by molar-refractivity contribution is 5.91. The molecule has 0 aliphatic rings. The molecule has 120 valence electrons. The first-order chi connectivity index (χ1) is 12.2. The first kappa shape index (κ1) is 14.8. The van der Waals surface area contributed by atoms with E-state index in [1.54, 1.807) is 29.0 Å². The van der Waals surface area contributed by atoms with E-state index in [2.05, 4.69) is 21.1 Å². The van der Waals surface area contributed by atoms with Gasteiger partial charge in [0, 0.05) is 23.7 Å². The number of hydrogen-bond acceptors (Lipinski definition) is 5. The van der Waals surface area contributed by atoms with E-state index in [0.717, 1.165) is 28.1 Å². The Morgan fingerprint density at radius 3 is 2.80 bits per heavy atom. The number of fused-ring (bicyclic) bond motifs is 1. The molecule has 4 aromatic rings. The van der Waals surface area contributed by atoms with Crippen LogP contribution in [0.15, 0.2) is 54.9 Å². The summed E-state index contributed by atoms with van der Waals surface area (Å²) in [4.78, 5) is 8.72. The molecule has 0 radical (unpaired) electrons. The molecule has 1 aromatic carbocycles. The summed E-state index contributed by atoms with van der Waals surface area (Å²) in [7, 11) is 0. The minimum atomic E-state index is 0.428. The molecule has 2 N–H and O–H groups in total. The zero-order valence-electron chi connectivity index (χ0n) is 13.5. The van der Waals surface area contributed by atoms with E-state index in [1.807, 2.05) is 37.3 Å². The second-order valence-electron chi connectivity index (χ2n) is 5.72. The number of nitriles is 1. The van der Waals surface area contributed by atoms with Crippen molar-refractivity contribution in [3.8, 4) is 28.5 Å². The highest BCUT2D eigenvalue weighted by Gasteiger charge is 2.18. The van der Waals surface area contributed by atoms with Crippen LogP contribution in [0.1, 0.15) is 11.3 Å². The second kappa shape index (κ2) is 5.73. The van der Waals surface area contributed by atoms with Gasteiger partial charge in [0.2, 0.25) is 0 Å². The second-order valence-corrected chi connectivity index (χ2v) is 5.72. The Bertz CT molecular complexity index is 1140. The molecule has 0 amide bonds. The van der Waals surface area contributed by atoms with Crippen molar-refractivity contribution in [1.29, 1.82) is 5.26 Å². The molecule has 0 spiro atoms. The third-order valence-electron chi connectivity index (χ3n) is 3.96. The van der Waals surface area contributed by atoms with Gasteiger partial charge in [-0.3, -0.25) is 4.98 Å². The number of anilines is 1. The number of hydrogen-bond donors (Lipinski definition) is 1. The van der Waals surface area contributed by atoms with Crippen LogP contribution in [0.2, 0.25) is 0 Å². The van der Waals surface area contributed by atoms with Gasteiger partial charge in [-0.25, -0.2) is 9.50 Å². The maximum atomic E-state index is 9.20. The molecule has 3 heterocycles. The van der Waals surface area contributed by atoms with Gasteiger partial charge in [-0.1, -0.05) is 12.1 Å². The molecule has 0 fully saturated rings. The molecule has 0 bridgehead atoms. The monoisotopic (exact) mass is 326 g/mol. The zero-order chi connectivity index (χ0) is 17.4. The lowest BCUT2D eigenvalue weighted by Crippen LogP contribution is -1.95. The molecular formula is C19H14N6. The van der Waals surface area contributed by atoms with Gasteiger partial charge in [-0.05, 0) is 42.8 Å². The fourth-order valence-electron chi connectivity index (χ4n) is 2.85. The summed E-state index contributed by atoms with van der Waals surface area (Å²) in [6, 6.07) is 15.2. The summed E-state index contributed by atoms with van der Waals surface area (Å²) < 4.78 is 1.70. The summed E-state index contributed by atoms with van der Waals surface area (Å²) in [6.07, 6.45) is 3.54. The SMILES string of the molecule is Cc1cc(-c2c(-c3cccc(C#N)c3)nn3ccc(N)nc23)ccn1. The largest absolute Gasteiger partial charge is 0.384 e. The van der Waals surface area contributed by atoms with Gasteiger partial charge < -0.3 is 5.73 Å². The molecule has 0 atom stereocenters. The fraction of sp³-hybridized carbons (Fsp3) is 0.0526. The van der Waals surface area contributed by atoms with Crippen molar-refractivity contribution in [2.75, 3.05) is 5.73 Å². The minimum Gasteiger partial charge on any atom is -0.384 e. The molecule has 25 heavy (non-hydrogen) atoms. The third-order valence-corrected chi connectivity index (χ3v) is 3.96. The quantitative estimate of drug-likeness (QED) is 0.610. The normalized spacial score (nSPS) is 10.7. The molecule has 0 saturated carbocycles. The standard InChI is InChI=1S/C19H14N6/c1-12-9-14(5-7-22-12)17-18(15-4-2-3-13(10-15)11-20)24-25-8-6-16(21)23-19(17)25/h2-10H,1H3,(H2,21,23). The summed E-state index contributed by atoms with van der Waals surface area (Å²) in [5.41, 5.74) is 11.5. The average Bonchev–Trinajstić information content (AvgIpc) is 3.00. The van der Waals surface area contributed by atoms with Crippen LogP contribution in [0.4, 0.5) is 5.82 Å². The summed E-state index contributed by atoms with van der Waals surface area (Å²) >= 11 is 0. The molecule has 6 nitrogen and oxygen atoms in total. The Balaban J connectivity index is 2.07. The lowest BCUT2D eigenvalue weighted by atomic mass is 10.0. The van der Waals surface area contributed by atoms with Crippen molar-refractivity contribution in [2.24, 2.45) is 0 Å². The van der Waals surface area contributed by atoms with Crippen molar-refractivity contribution in [2.45, 2.75) is 6.92 Å². The molecule has 4 rings (SSSR count). The smallest absolute Gasteiger partial charge is 0.165 e. The van der Waals surface area contributed by atoms with E-state index in [-0.39, 0.29) is 0 Å². The van der Waals surface area contributed by atoms with Crippen LogP contribution in [-0.2, 0) is 0 Å². The number of nitrogens with two attached hydrogens (primary N) is 1. The molecule has 0 aliphatic heterocycles. The van der Waals surface area contributed by atoms with Gasteiger partial charge in [0.1, 0.15) is 11.5 Å². The average molecular weight is 326 g/mol. The maximum Gasteiger partial charge on any atom is 0.165 e. The number of nitrogens with zero attached hydrogens (tertiary/aromatic N) is 5. The van der Waals surface area contributed by atoms with E-state index in [4.69, 9.17) is 5.73 Å². The molecular weight excluding hydrogens is 312 g/mol. The van der Waals surface area contributed by atoms with Crippen molar-refractivity contribution >= 4 is 11.5 Å². The van der Waals surface area contributed by atoms with E-state index in [1.165, 1.54) is 0 Å². The van der Waals surface area contributed by atoms with Crippen LogP contribution in [0, 0.1) is 18.3 Å². The predicted molar refractivity (Wildman–Crippen MR) is 95.5 cm³/mol. The number of aryl methyl sites for hydroxylation is 1. The van der Waals surface area contributed by atoms with Crippen molar-refractivity contribution in [1.82, 2.24) is 19.6 Å². The van der Waals surface area contributed by atoms with E-state index < -0.39 is 0 Å². The summed E-state index contributed by atoms with van der Waals surface area (Å²) in [5.74, 6) is 0.428. The first-order valence-corrected chi connectivity index (χ1v) is 7.74. The number of rotatable bonds is 2. The van der Waals surface area contributed by atoms with Crippen molar-refractivity contribution in [3.63, 3.8) is 0 Å². The minimum absolute atomic E-state index is 0.428. The fourth-order valence-corrected chi connectivity index (χ4v) is 2.85. The van der Waals surface area contributed by atoms with Crippen LogP contribution in [0.5, 0.6) is 0 Å². The molecule has 0 saturated heterocycles. The summed E-state index contributed by atoms with van der Waals surface area (Å²) in [6.45, 7) is 1.94. The molecule has 6 heteroatoms. The van der Waals surface area contributed by atoms with Gasteiger partial charge in [0.25, 0.3) is 0 Å². The van der Waals surface area contributed by atoms with Crippen molar-refractivity contribution in [3.05, 3.63) is 66.1 Å². The Morgan fingerprint density at radius 2 is 2.00 bits per heavy atom. The third kappa shape index (κ3) is 2.58. The number of pyridine rings is 1. The molecule has 3 aromatic heterocycles. The van der Waals surface area contributed by atoms with E-state index in [0.29, 0.717) is 17.0 Å². The van der Waals surface area contributed by atoms with Gasteiger partial charge in [0.15, 0.2) is 5.65 Å². The molecule has 0 unspecified atom stereocenters. The summed E-state index contributed by atoms with van der Waals surface area (Å²) in [5, 5.41) is 13.9. The van der Waals surface area contributed by atoms with Crippen molar-refractivity contribution < 1.29 is 0 Å². The topological polar surface area (TPSA) is 92.9 Å². The number of aromatic nitrogens is 4. The zero-order valence-corrected chi connectivity index (χ0v) is 13.5. The number of nitrogen functional groups attached to an aromatic ring is 1. The highest BCUT2D eigenvalue weighted by Crippen LogP contribution is 2.34. The molecule has 0 aliphatic carbocycles. The van der Waals surface area contributed by atoms with Gasteiger partial charge in [-0.2, -0.15) is 10.4 Å². The lowest BCUT2D eigenvalue weighted by Gasteiger charge is -2.05. The Morgan fingerprint density at radius 1 is 1.12 bits per heavy atom. The van der Waals surface area contributed by atoms with Crippen LogP contribution in [0.3, 0.4) is 0 Å². The first-order valence-electron chi connectivity index (χ1n) is 7.74. The van der Waals surface area contributed by atoms with Gasteiger partial charge >= 0.3 is 0 Å². The van der Waals surface area contributed by atoms with Crippen LogP contribution in [-0.4, -0.2) is 19.6 Å². The predicted octanol–water partition coefficient (Wildman–Crippen LogP) is 3.22. The van der Waals surface area contributed by atoms with Crippen LogP contribution >= 0.6 is 0 Å². The Labute approximate surface area is 144 Å². The van der Waals surface area contributed by atoms with Gasteiger partial charge in [-0.15, -0.1) is 0 Å². The van der Waals surface area contributed by atoms with Crippen LogP contribution < -0.4 is 5.73 Å². The van der Waals surface area contributed by atoms with E-state index in [9.17, 15) is 5.26 Å². The lowest BCUT2D eigenvalue weighted by molar-refractivity contribution is 0.945. The highest BCUT2D eigenvalue weighted by atomic mass is 15.3. The Hall–Kier alpha value is -3.72.